The van der Waals surface area contributed by atoms with Crippen molar-refractivity contribution in [3.05, 3.63) is 0 Å². The molecule has 3 aliphatic rings. The number of hydrogen-bond acceptors (Lipinski definition) is 3. The molecule has 3 rings (SSSR count). The van der Waals surface area contributed by atoms with E-state index in [1.165, 1.54) is 6.42 Å². The zero-order chi connectivity index (χ0) is 14.2. The summed E-state index contributed by atoms with van der Waals surface area (Å²) in [6.07, 6.45) is 7.43. The number of nitrogens with zero attached hydrogens (tertiary/aromatic N) is 1. The van der Waals surface area contributed by atoms with E-state index in [9.17, 15) is 4.79 Å². The molecule has 0 aromatic heterocycles. The van der Waals surface area contributed by atoms with Crippen LogP contribution in [0.25, 0.3) is 0 Å². The maximum atomic E-state index is 13.0. The van der Waals surface area contributed by atoms with Crippen LogP contribution in [0.4, 0.5) is 0 Å². The first-order valence-corrected chi connectivity index (χ1v) is 8.26. The van der Waals surface area contributed by atoms with Crippen LogP contribution in [-0.2, 0) is 9.53 Å². The van der Waals surface area contributed by atoms with Gasteiger partial charge in [-0.05, 0) is 38.0 Å². The second-order valence-corrected chi connectivity index (χ2v) is 7.28. The minimum Gasteiger partial charge on any atom is -0.381 e. The van der Waals surface area contributed by atoms with Crippen molar-refractivity contribution >= 4 is 5.91 Å². The third kappa shape index (κ3) is 3.01. The number of carbonyl (C=O) groups is 1. The lowest BCUT2D eigenvalue weighted by Crippen LogP contribution is -2.58. The summed E-state index contributed by atoms with van der Waals surface area (Å²) in [5, 5.41) is 0. The highest BCUT2D eigenvalue weighted by Gasteiger charge is 2.45. The Kier molecular flexibility index (Phi) is 4.04. The third-order valence-electron chi connectivity index (χ3n) is 5.19. The minimum atomic E-state index is -0.598. The Bertz CT molecular complexity index is 363. The largest absolute Gasteiger partial charge is 0.381 e. The van der Waals surface area contributed by atoms with Gasteiger partial charge in [-0.1, -0.05) is 19.8 Å². The Morgan fingerprint density at radius 3 is 2.75 bits per heavy atom. The standard InChI is InChI=1S/C16H28N2O2/c1-12-3-2-7-16(17,9-12)15(19)18(14-4-5-14)10-13-6-8-20-11-13/h12-14H,2-11,17H2,1H3. The van der Waals surface area contributed by atoms with Gasteiger partial charge in [0.05, 0.1) is 12.1 Å². The third-order valence-corrected chi connectivity index (χ3v) is 5.19. The van der Waals surface area contributed by atoms with E-state index in [4.69, 9.17) is 10.5 Å². The smallest absolute Gasteiger partial charge is 0.242 e. The molecule has 1 amide bonds. The van der Waals surface area contributed by atoms with Crippen LogP contribution in [0.3, 0.4) is 0 Å². The zero-order valence-electron chi connectivity index (χ0n) is 12.6. The Morgan fingerprint density at radius 2 is 2.15 bits per heavy atom. The van der Waals surface area contributed by atoms with Gasteiger partial charge in [-0.2, -0.15) is 0 Å². The monoisotopic (exact) mass is 280 g/mol. The topological polar surface area (TPSA) is 55.6 Å². The van der Waals surface area contributed by atoms with E-state index in [-0.39, 0.29) is 5.91 Å². The van der Waals surface area contributed by atoms with E-state index in [0.29, 0.717) is 17.9 Å². The molecule has 114 valence electrons. The average Bonchev–Trinajstić information content (AvgIpc) is 3.12. The molecule has 4 nitrogen and oxygen atoms in total. The van der Waals surface area contributed by atoms with Crippen molar-refractivity contribution in [2.45, 2.75) is 63.5 Å². The fourth-order valence-electron chi connectivity index (χ4n) is 3.86. The molecule has 4 heteroatoms. The Labute approximate surface area is 122 Å². The molecule has 2 N–H and O–H groups in total. The number of nitrogens with two attached hydrogens (primary N) is 1. The normalized spacial score (nSPS) is 37.9. The first kappa shape index (κ1) is 14.3. The number of hydrogen-bond donors (Lipinski definition) is 1. The van der Waals surface area contributed by atoms with Gasteiger partial charge in [0.2, 0.25) is 5.91 Å². The summed E-state index contributed by atoms with van der Waals surface area (Å²) in [7, 11) is 0. The van der Waals surface area contributed by atoms with E-state index in [2.05, 4.69) is 11.8 Å². The van der Waals surface area contributed by atoms with Gasteiger partial charge in [-0.25, -0.2) is 0 Å². The SMILES string of the molecule is CC1CCCC(N)(C(=O)N(CC2CCOC2)C2CC2)C1. The number of rotatable bonds is 4. The second kappa shape index (κ2) is 5.64. The molecule has 0 bridgehead atoms. The Balaban J connectivity index is 1.68. The van der Waals surface area contributed by atoms with Gasteiger partial charge in [0.1, 0.15) is 0 Å². The van der Waals surface area contributed by atoms with E-state index >= 15 is 0 Å². The highest BCUT2D eigenvalue weighted by Crippen LogP contribution is 2.36. The zero-order valence-corrected chi connectivity index (χ0v) is 12.6. The predicted octanol–water partition coefficient (Wildman–Crippen LogP) is 1.92. The van der Waals surface area contributed by atoms with Crippen molar-refractivity contribution in [1.29, 1.82) is 0 Å². The first-order chi connectivity index (χ1) is 9.58. The first-order valence-electron chi connectivity index (χ1n) is 8.26. The van der Waals surface area contributed by atoms with Crippen LogP contribution in [0.2, 0.25) is 0 Å². The molecule has 2 aliphatic carbocycles. The summed E-state index contributed by atoms with van der Waals surface area (Å²) in [4.78, 5) is 15.1. The van der Waals surface area contributed by atoms with Crippen molar-refractivity contribution in [1.82, 2.24) is 4.90 Å². The molecule has 1 heterocycles. The van der Waals surface area contributed by atoms with Gasteiger partial charge in [0, 0.05) is 25.1 Å². The van der Waals surface area contributed by atoms with E-state index in [0.717, 1.165) is 58.3 Å². The number of carbonyl (C=O) groups excluding carboxylic acids is 1. The van der Waals surface area contributed by atoms with Crippen molar-refractivity contribution < 1.29 is 9.53 Å². The van der Waals surface area contributed by atoms with Crippen molar-refractivity contribution in [2.75, 3.05) is 19.8 Å². The van der Waals surface area contributed by atoms with Crippen LogP contribution in [0.1, 0.15) is 51.9 Å². The quantitative estimate of drug-likeness (QED) is 0.856. The summed E-state index contributed by atoms with van der Waals surface area (Å²) in [5.74, 6) is 1.32. The average molecular weight is 280 g/mol. The molecule has 3 unspecified atom stereocenters. The van der Waals surface area contributed by atoms with Crippen LogP contribution in [-0.4, -0.2) is 42.1 Å². The fourth-order valence-corrected chi connectivity index (χ4v) is 3.86. The van der Waals surface area contributed by atoms with Crippen LogP contribution < -0.4 is 5.73 Å². The summed E-state index contributed by atoms with van der Waals surface area (Å²) in [6, 6.07) is 0.459. The molecule has 0 radical (unpaired) electrons. The van der Waals surface area contributed by atoms with Gasteiger partial charge >= 0.3 is 0 Å². The Morgan fingerprint density at radius 1 is 1.35 bits per heavy atom. The predicted molar refractivity (Wildman–Crippen MR) is 78.2 cm³/mol. The number of amides is 1. The molecule has 2 saturated carbocycles. The fraction of sp³-hybridized carbons (Fsp3) is 0.938. The summed E-state index contributed by atoms with van der Waals surface area (Å²) in [6.45, 7) is 4.74. The lowest BCUT2D eigenvalue weighted by Gasteiger charge is -2.40. The minimum absolute atomic E-state index is 0.221. The molecule has 1 aliphatic heterocycles. The number of ether oxygens (including phenoxy) is 1. The molecule has 20 heavy (non-hydrogen) atoms. The highest BCUT2D eigenvalue weighted by molar-refractivity contribution is 5.86. The maximum Gasteiger partial charge on any atom is 0.242 e. The maximum absolute atomic E-state index is 13.0. The van der Waals surface area contributed by atoms with Gasteiger partial charge in [-0.3, -0.25) is 4.79 Å². The molecular weight excluding hydrogens is 252 g/mol. The van der Waals surface area contributed by atoms with Gasteiger partial charge in [0.25, 0.3) is 0 Å². The van der Waals surface area contributed by atoms with Crippen LogP contribution >= 0.6 is 0 Å². The molecule has 3 atom stereocenters. The molecule has 0 spiro atoms. The molecule has 3 fully saturated rings. The Hall–Kier alpha value is -0.610. The molecule has 1 saturated heterocycles. The summed E-state index contributed by atoms with van der Waals surface area (Å²) >= 11 is 0. The van der Waals surface area contributed by atoms with E-state index in [1.807, 2.05) is 0 Å². The lowest BCUT2D eigenvalue weighted by molar-refractivity contribution is -0.140. The van der Waals surface area contributed by atoms with Crippen molar-refractivity contribution in [2.24, 2.45) is 17.6 Å². The van der Waals surface area contributed by atoms with Crippen LogP contribution in [0, 0.1) is 11.8 Å². The molecule has 0 aromatic rings. The molecular formula is C16H28N2O2. The summed E-state index contributed by atoms with van der Waals surface area (Å²) < 4.78 is 5.46. The lowest BCUT2D eigenvalue weighted by atomic mass is 9.76. The van der Waals surface area contributed by atoms with Crippen molar-refractivity contribution in [3.63, 3.8) is 0 Å². The van der Waals surface area contributed by atoms with Gasteiger partial charge in [0.15, 0.2) is 0 Å². The van der Waals surface area contributed by atoms with E-state index in [1.54, 1.807) is 0 Å². The van der Waals surface area contributed by atoms with Crippen LogP contribution in [0.5, 0.6) is 0 Å². The van der Waals surface area contributed by atoms with Crippen molar-refractivity contribution in [3.8, 4) is 0 Å². The molecule has 0 aromatic carbocycles. The van der Waals surface area contributed by atoms with Crippen LogP contribution in [0.15, 0.2) is 0 Å². The van der Waals surface area contributed by atoms with E-state index < -0.39 is 5.54 Å². The highest BCUT2D eigenvalue weighted by atomic mass is 16.5. The summed E-state index contributed by atoms with van der Waals surface area (Å²) in [5.41, 5.74) is 5.91. The second-order valence-electron chi connectivity index (χ2n) is 7.28. The van der Waals surface area contributed by atoms with Gasteiger partial charge < -0.3 is 15.4 Å². The van der Waals surface area contributed by atoms with Gasteiger partial charge in [-0.15, -0.1) is 0 Å².